The van der Waals surface area contributed by atoms with Crippen molar-refractivity contribution < 1.29 is 5.11 Å². The quantitative estimate of drug-likeness (QED) is 0.530. The second-order valence-corrected chi connectivity index (χ2v) is 10.5. The molecular weight excluding hydrogens is 316 g/mol. The maximum Gasteiger partial charge on any atom is 0.123 e. The average molecular weight is 361 g/mol. The van der Waals surface area contributed by atoms with E-state index in [1.54, 1.807) is 0 Å². The van der Waals surface area contributed by atoms with E-state index in [4.69, 9.17) is 0 Å². The largest absolute Gasteiger partial charge is 0.507 e. The normalized spacial score (nSPS) is 16.4. The molecular formula is C25H44O. The van der Waals surface area contributed by atoms with Crippen LogP contribution in [0.2, 0.25) is 0 Å². The summed E-state index contributed by atoms with van der Waals surface area (Å²) in [6, 6.07) is 4.52. The summed E-state index contributed by atoms with van der Waals surface area (Å²) in [5, 5.41) is 10.9. The molecule has 0 spiro atoms. The molecule has 0 radical (unpaired) electrons. The van der Waals surface area contributed by atoms with Crippen LogP contribution in [0.15, 0.2) is 12.1 Å². The highest BCUT2D eigenvalue weighted by molar-refractivity contribution is 5.49. The van der Waals surface area contributed by atoms with Gasteiger partial charge in [-0.1, -0.05) is 94.2 Å². The van der Waals surface area contributed by atoms with Gasteiger partial charge in [-0.2, -0.15) is 0 Å². The average Bonchev–Trinajstić information content (AvgIpc) is 2.53. The predicted molar refractivity (Wildman–Crippen MR) is 116 cm³/mol. The number of phenols is 1. The first-order valence-corrected chi connectivity index (χ1v) is 10.7. The van der Waals surface area contributed by atoms with Crippen LogP contribution in [0.5, 0.6) is 5.75 Å². The monoisotopic (exact) mass is 360 g/mol. The number of rotatable bonds is 7. The summed E-state index contributed by atoms with van der Waals surface area (Å²) in [7, 11) is 0. The summed E-state index contributed by atoms with van der Waals surface area (Å²) >= 11 is 0. The van der Waals surface area contributed by atoms with Crippen molar-refractivity contribution in [2.45, 2.75) is 106 Å². The van der Waals surface area contributed by atoms with E-state index >= 15 is 0 Å². The Kier molecular flexibility index (Phi) is 7.81. The number of aromatic hydroxyl groups is 1. The van der Waals surface area contributed by atoms with E-state index < -0.39 is 0 Å². The van der Waals surface area contributed by atoms with Crippen molar-refractivity contribution in [1.82, 2.24) is 0 Å². The van der Waals surface area contributed by atoms with Gasteiger partial charge in [-0.15, -0.1) is 0 Å². The molecule has 1 aromatic carbocycles. The van der Waals surface area contributed by atoms with Gasteiger partial charge in [0.1, 0.15) is 5.75 Å². The maximum atomic E-state index is 10.9. The summed E-state index contributed by atoms with van der Waals surface area (Å²) in [4.78, 5) is 0. The van der Waals surface area contributed by atoms with Gasteiger partial charge in [-0.3, -0.25) is 0 Å². The molecule has 0 bridgehead atoms. The van der Waals surface area contributed by atoms with Crippen LogP contribution in [-0.4, -0.2) is 5.11 Å². The van der Waals surface area contributed by atoms with Crippen LogP contribution in [0.1, 0.15) is 105 Å². The Morgan fingerprint density at radius 1 is 0.808 bits per heavy atom. The number of phenolic OH excluding ortho intramolecular Hbond substituents is 1. The molecule has 0 fully saturated rings. The zero-order chi connectivity index (χ0) is 20.3. The molecule has 0 aromatic heterocycles. The summed E-state index contributed by atoms with van der Waals surface area (Å²) < 4.78 is 0. The van der Waals surface area contributed by atoms with Crippen molar-refractivity contribution in [2.75, 3.05) is 0 Å². The Labute approximate surface area is 163 Å². The third kappa shape index (κ3) is 5.76. The fraction of sp³-hybridized carbons (Fsp3) is 0.760. The molecule has 1 heteroatoms. The molecule has 0 heterocycles. The molecule has 2 unspecified atom stereocenters. The van der Waals surface area contributed by atoms with E-state index in [0.29, 0.717) is 5.75 Å². The molecule has 1 N–H and O–H groups in total. The van der Waals surface area contributed by atoms with Crippen molar-refractivity contribution in [3.8, 4) is 5.75 Å². The smallest absolute Gasteiger partial charge is 0.123 e. The number of benzene rings is 1. The van der Waals surface area contributed by atoms with Crippen molar-refractivity contribution in [3.05, 3.63) is 28.8 Å². The van der Waals surface area contributed by atoms with Crippen LogP contribution in [0.25, 0.3) is 0 Å². The molecule has 2 atom stereocenters. The first-order valence-electron chi connectivity index (χ1n) is 10.7. The van der Waals surface area contributed by atoms with E-state index in [1.807, 2.05) is 0 Å². The lowest BCUT2D eigenvalue weighted by molar-refractivity contribution is 0.228. The van der Waals surface area contributed by atoms with Gasteiger partial charge in [-0.25, -0.2) is 0 Å². The fourth-order valence-electron chi connectivity index (χ4n) is 4.05. The van der Waals surface area contributed by atoms with Crippen molar-refractivity contribution in [3.63, 3.8) is 0 Å². The van der Waals surface area contributed by atoms with Gasteiger partial charge in [0.25, 0.3) is 0 Å². The summed E-state index contributed by atoms with van der Waals surface area (Å²) in [6.45, 7) is 22.6. The van der Waals surface area contributed by atoms with Crippen LogP contribution in [0, 0.1) is 17.8 Å². The minimum atomic E-state index is -0.0487. The lowest BCUT2D eigenvalue weighted by Crippen LogP contribution is -2.21. The number of aryl methyl sites for hydroxylation is 1. The molecule has 0 amide bonds. The Morgan fingerprint density at radius 2 is 1.19 bits per heavy atom. The predicted octanol–water partition coefficient (Wildman–Crippen LogP) is 7.63. The number of hydrogen-bond acceptors (Lipinski definition) is 1. The van der Waals surface area contributed by atoms with Gasteiger partial charge < -0.3 is 5.11 Å². The fourth-order valence-corrected chi connectivity index (χ4v) is 4.05. The summed E-state index contributed by atoms with van der Waals surface area (Å²) in [5.41, 5.74) is 3.46. The van der Waals surface area contributed by atoms with Gasteiger partial charge in [0.2, 0.25) is 0 Å². The molecule has 1 rings (SSSR count). The summed E-state index contributed by atoms with van der Waals surface area (Å²) in [6.07, 6.45) is 4.85. The third-order valence-electron chi connectivity index (χ3n) is 6.30. The highest BCUT2D eigenvalue weighted by atomic mass is 16.3. The maximum absolute atomic E-state index is 10.9. The van der Waals surface area contributed by atoms with E-state index in [-0.39, 0.29) is 10.8 Å². The highest BCUT2D eigenvalue weighted by Crippen LogP contribution is 2.40. The van der Waals surface area contributed by atoms with Crippen LogP contribution >= 0.6 is 0 Å². The first-order chi connectivity index (χ1) is 11.8. The van der Waals surface area contributed by atoms with Crippen LogP contribution in [0.3, 0.4) is 0 Å². The van der Waals surface area contributed by atoms with Gasteiger partial charge in [0.15, 0.2) is 0 Å². The van der Waals surface area contributed by atoms with Crippen LogP contribution in [0.4, 0.5) is 0 Å². The molecule has 1 aromatic rings. The van der Waals surface area contributed by atoms with Crippen molar-refractivity contribution >= 4 is 0 Å². The minimum Gasteiger partial charge on any atom is -0.507 e. The lowest BCUT2D eigenvalue weighted by Gasteiger charge is -2.30. The molecule has 0 aliphatic heterocycles. The van der Waals surface area contributed by atoms with Crippen molar-refractivity contribution in [1.29, 1.82) is 0 Å². The Hall–Kier alpha value is -0.980. The molecule has 0 aliphatic rings. The molecule has 1 nitrogen and oxygen atoms in total. The van der Waals surface area contributed by atoms with E-state index in [0.717, 1.165) is 35.3 Å². The van der Waals surface area contributed by atoms with Gasteiger partial charge in [0, 0.05) is 0 Å². The number of hydrogen-bond donors (Lipinski definition) is 1. The van der Waals surface area contributed by atoms with Crippen LogP contribution in [-0.2, 0) is 17.3 Å². The molecule has 0 saturated heterocycles. The molecule has 150 valence electrons. The highest BCUT2D eigenvalue weighted by Gasteiger charge is 2.27. The Bertz CT molecular complexity index is 526. The molecule has 26 heavy (non-hydrogen) atoms. The van der Waals surface area contributed by atoms with E-state index in [9.17, 15) is 5.11 Å². The van der Waals surface area contributed by atoms with Gasteiger partial charge in [0.05, 0.1) is 0 Å². The van der Waals surface area contributed by atoms with Crippen LogP contribution < -0.4 is 0 Å². The Balaban J connectivity index is 3.24. The zero-order valence-electron chi connectivity index (χ0n) is 19.2. The topological polar surface area (TPSA) is 20.2 Å². The minimum absolute atomic E-state index is 0.0487. The van der Waals surface area contributed by atoms with E-state index in [1.165, 1.54) is 24.8 Å². The molecule has 0 saturated carbocycles. The third-order valence-corrected chi connectivity index (χ3v) is 6.30. The lowest BCUT2D eigenvalue weighted by atomic mass is 9.75. The SMILES string of the molecule is CCC(C)C(CCc1cc(C(C)(C)C)c(O)c(C(C)(C)C)c1)C(C)CC. The first kappa shape index (κ1) is 23.1. The Morgan fingerprint density at radius 3 is 1.50 bits per heavy atom. The van der Waals surface area contributed by atoms with Gasteiger partial charge >= 0.3 is 0 Å². The van der Waals surface area contributed by atoms with Gasteiger partial charge in [-0.05, 0) is 58.1 Å². The zero-order valence-corrected chi connectivity index (χ0v) is 19.2. The van der Waals surface area contributed by atoms with Crippen molar-refractivity contribution in [2.24, 2.45) is 17.8 Å². The van der Waals surface area contributed by atoms with E-state index in [2.05, 4.69) is 81.4 Å². The second-order valence-electron chi connectivity index (χ2n) is 10.5. The summed E-state index contributed by atoms with van der Waals surface area (Å²) in [5.74, 6) is 2.81. The molecule has 0 aliphatic carbocycles. The second kappa shape index (κ2) is 8.81. The standard InChI is InChI=1S/C25H44O/c1-11-17(3)20(18(4)12-2)14-13-19-15-21(24(5,6)7)23(26)22(16-19)25(8,9)10/h15-18,20,26H,11-14H2,1-10H3.